The van der Waals surface area contributed by atoms with Crippen LogP contribution in [-0.2, 0) is 4.79 Å². The van der Waals surface area contributed by atoms with Gasteiger partial charge in [0.2, 0.25) is 0 Å². The summed E-state index contributed by atoms with van der Waals surface area (Å²) in [7, 11) is 0. The van der Waals surface area contributed by atoms with E-state index in [1.807, 2.05) is 6.08 Å². The first-order valence-electron chi connectivity index (χ1n) is 4.69. The van der Waals surface area contributed by atoms with E-state index in [1.165, 1.54) is 0 Å². The second-order valence-electron chi connectivity index (χ2n) is 4.56. The smallest absolute Gasteiger partial charge is 0.136 e. The Hall–Kier alpha value is -0.590. The molecule has 0 saturated heterocycles. The van der Waals surface area contributed by atoms with E-state index in [0.717, 1.165) is 19.3 Å². The highest BCUT2D eigenvalue weighted by atomic mass is 16.1. The molecule has 0 aromatic heterocycles. The molecule has 1 fully saturated rings. The summed E-state index contributed by atoms with van der Waals surface area (Å²) in [6.45, 7) is 8.07. The molecule has 1 nitrogen and oxygen atoms in total. The minimum absolute atomic E-state index is 0.361. The molecular weight excluding hydrogens is 148 g/mol. The Kier molecular flexibility index (Phi) is 2.71. The Balaban J connectivity index is 2.24. The molecule has 12 heavy (non-hydrogen) atoms. The number of hydrogen-bond acceptors (Lipinski definition) is 1. The third kappa shape index (κ3) is 2.20. The van der Waals surface area contributed by atoms with Crippen molar-refractivity contribution in [3.05, 3.63) is 12.7 Å². The average Bonchev–Trinajstić information content (AvgIpc) is 1.95. The molecule has 0 unspecified atom stereocenters. The molecule has 0 amide bonds. The summed E-state index contributed by atoms with van der Waals surface area (Å²) in [5.41, 5.74) is 0.425. The number of carbonyl (C=O) groups excluding carboxylic acids is 1. The first-order chi connectivity index (χ1) is 5.55. The second kappa shape index (κ2) is 3.42. The molecule has 0 atom stereocenters. The van der Waals surface area contributed by atoms with Gasteiger partial charge in [-0.3, -0.25) is 4.79 Å². The highest BCUT2D eigenvalue weighted by molar-refractivity contribution is 5.82. The molecule has 0 bridgehead atoms. The fraction of sp³-hybridized carbons (Fsp3) is 0.727. The zero-order valence-electron chi connectivity index (χ0n) is 8.10. The quantitative estimate of drug-likeness (QED) is 0.587. The summed E-state index contributed by atoms with van der Waals surface area (Å²) in [4.78, 5) is 11.4. The molecule has 1 rings (SSSR count). The Morgan fingerprint density at radius 1 is 1.58 bits per heavy atom. The molecule has 0 radical (unpaired) electrons. The minimum Gasteiger partial charge on any atom is -0.299 e. The van der Waals surface area contributed by atoms with Gasteiger partial charge in [0.15, 0.2) is 0 Å². The lowest BCUT2D eigenvalue weighted by molar-refractivity contribution is -0.129. The van der Waals surface area contributed by atoms with Crippen molar-refractivity contribution in [2.75, 3.05) is 0 Å². The van der Waals surface area contributed by atoms with Crippen molar-refractivity contribution < 1.29 is 4.79 Å². The summed E-state index contributed by atoms with van der Waals surface area (Å²) in [5, 5.41) is 0. The Morgan fingerprint density at radius 2 is 2.17 bits per heavy atom. The van der Waals surface area contributed by atoms with Crippen LogP contribution in [-0.4, -0.2) is 5.78 Å². The Morgan fingerprint density at radius 3 is 2.58 bits per heavy atom. The molecule has 0 aromatic rings. The van der Waals surface area contributed by atoms with E-state index in [2.05, 4.69) is 20.4 Å². The van der Waals surface area contributed by atoms with E-state index in [-0.39, 0.29) is 0 Å². The van der Waals surface area contributed by atoms with Crippen molar-refractivity contribution in [1.29, 1.82) is 0 Å². The first kappa shape index (κ1) is 9.50. The Bertz CT molecular complexity index is 183. The zero-order valence-corrected chi connectivity index (χ0v) is 8.10. The molecular formula is C11H18O. The molecule has 1 aliphatic carbocycles. The van der Waals surface area contributed by atoms with Gasteiger partial charge in [-0.2, -0.15) is 0 Å². The fourth-order valence-corrected chi connectivity index (χ4v) is 1.95. The summed E-state index contributed by atoms with van der Waals surface area (Å²) >= 11 is 0. The van der Waals surface area contributed by atoms with Gasteiger partial charge in [0.1, 0.15) is 5.78 Å². The number of ketones is 1. The maximum atomic E-state index is 11.4. The SMILES string of the molecule is C=CCCC(=O)C1CC(C)(C)C1. The normalized spacial score (nSPS) is 21.5. The van der Waals surface area contributed by atoms with Crippen LogP contribution in [0.3, 0.4) is 0 Å². The topological polar surface area (TPSA) is 17.1 Å². The monoisotopic (exact) mass is 166 g/mol. The van der Waals surface area contributed by atoms with E-state index in [9.17, 15) is 4.79 Å². The Labute approximate surface area is 74.9 Å². The molecule has 1 heteroatoms. The zero-order chi connectivity index (χ0) is 9.19. The highest BCUT2D eigenvalue weighted by Gasteiger charge is 2.39. The molecule has 0 aromatic carbocycles. The lowest BCUT2D eigenvalue weighted by Gasteiger charge is -2.41. The summed E-state index contributed by atoms with van der Waals surface area (Å²) < 4.78 is 0. The summed E-state index contributed by atoms with van der Waals surface area (Å²) in [5.74, 6) is 0.800. The van der Waals surface area contributed by atoms with Crippen molar-refractivity contribution >= 4 is 5.78 Å². The van der Waals surface area contributed by atoms with Gasteiger partial charge < -0.3 is 0 Å². The van der Waals surface area contributed by atoms with Gasteiger partial charge in [0.05, 0.1) is 0 Å². The van der Waals surface area contributed by atoms with Crippen LogP contribution in [0.2, 0.25) is 0 Å². The summed E-state index contributed by atoms with van der Waals surface area (Å²) in [6, 6.07) is 0. The van der Waals surface area contributed by atoms with Gasteiger partial charge in [-0.15, -0.1) is 6.58 Å². The van der Waals surface area contributed by atoms with Crippen LogP contribution in [0.1, 0.15) is 39.5 Å². The molecule has 68 valence electrons. The van der Waals surface area contributed by atoms with Crippen LogP contribution in [0, 0.1) is 11.3 Å². The first-order valence-corrected chi connectivity index (χ1v) is 4.69. The minimum atomic E-state index is 0.361. The second-order valence-corrected chi connectivity index (χ2v) is 4.56. The lowest BCUT2D eigenvalue weighted by atomic mass is 9.63. The fourth-order valence-electron chi connectivity index (χ4n) is 1.95. The van der Waals surface area contributed by atoms with E-state index >= 15 is 0 Å². The van der Waals surface area contributed by atoms with Crippen LogP contribution in [0.25, 0.3) is 0 Å². The van der Waals surface area contributed by atoms with Gasteiger partial charge in [-0.1, -0.05) is 19.9 Å². The maximum Gasteiger partial charge on any atom is 0.136 e. The van der Waals surface area contributed by atoms with Gasteiger partial charge >= 0.3 is 0 Å². The van der Waals surface area contributed by atoms with Crippen LogP contribution in [0.5, 0.6) is 0 Å². The van der Waals surface area contributed by atoms with Gasteiger partial charge in [-0.05, 0) is 24.7 Å². The number of Topliss-reactive ketones (excluding diaryl/α,β-unsaturated/α-hetero) is 1. The summed E-state index contributed by atoms with van der Waals surface area (Å²) in [6.07, 6.45) is 5.54. The van der Waals surface area contributed by atoms with Gasteiger partial charge in [0, 0.05) is 12.3 Å². The van der Waals surface area contributed by atoms with Crippen molar-refractivity contribution in [1.82, 2.24) is 0 Å². The molecule has 0 spiro atoms. The standard InChI is InChI=1S/C11H18O/c1-4-5-6-10(12)9-7-11(2,3)8-9/h4,9H,1,5-8H2,2-3H3. The largest absolute Gasteiger partial charge is 0.299 e. The molecule has 0 aliphatic heterocycles. The number of carbonyl (C=O) groups is 1. The number of rotatable bonds is 4. The van der Waals surface area contributed by atoms with E-state index in [1.54, 1.807) is 0 Å². The molecule has 0 N–H and O–H groups in total. The highest BCUT2D eigenvalue weighted by Crippen LogP contribution is 2.45. The molecule has 0 heterocycles. The lowest BCUT2D eigenvalue weighted by Crippen LogP contribution is -2.36. The third-order valence-electron chi connectivity index (χ3n) is 2.65. The molecule has 1 aliphatic rings. The third-order valence-corrected chi connectivity index (χ3v) is 2.65. The van der Waals surface area contributed by atoms with E-state index in [0.29, 0.717) is 23.5 Å². The van der Waals surface area contributed by atoms with Crippen LogP contribution in [0.15, 0.2) is 12.7 Å². The van der Waals surface area contributed by atoms with Gasteiger partial charge in [0.25, 0.3) is 0 Å². The average molecular weight is 166 g/mol. The predicted molar refractivity (Wildman–Crippen MR) is 50.9 cm³/mol. The van der Waals surface area contributed by atoms with Crippen LogP contribution >= 0.6 is 0 Å². The van der Waals surface area contributed by atoms with E-state index < -0.39 is 0 Å². The van der Waals surface area contributed by atoms with Crippen LogP contribution in [0.4, 0.5) is 0 Å². The van der Waals surface area contributed by atoms with Crippen molar-refractivity contribution in [3.63, 3.8) is 0 Å². The van der Waals surface area contributed by atoms with Crippen LogP contribution < -0.4 is 0 Å². The van der Waals surface area contributed by atoms with Crippen molar-refractivity contribution in [2.24, 2.45) is 11.3 Å². The maximum absolute atomic E-state index is 11.4. The van der Waals surface area contributed by atoms with Crippen molar-refractivity contribution in [2.45, 2.75) is 39.5 Å². The van der Waals surface area contributed by atoms with Gasteiger partial charge in [-0.25, -0.2) is 0 Å². The predicted octanol–water partition coefficient (Wildman–Crippen LogP) is 2.96. The van der Waals surface area contributed by atoms with E-state index in [4.69, 9.17) is 0 Å². The molecule has 1 saturated carbocycles. The number of allylic oxidation sites excluding steroid dienone is 1. The number of hydrogen-bond donors (Lipinski definition) is 0. The van der Waals surface area contributed by atoms with Crippen molar-refractivity contribution in [3.8, 4) is 0 Å².